The van der Waals surface area contributed by atoms with E-state index in [-0.39, 0.29) is 12.8 Å². The van der Waals surface area contributed by atoms with E-state index in [0.29, 0.717) is 13.0 Å². The van der Waals surface area contributed by atoms with Crippen LogP contribution in [0.15, 0.2) is 0 Å². The molecule has 0 saturated heterocycles. The number of ether oxygens (including phenoxy) is 1. The molecule has 106 valence electrons. The fourth-order valence-corrected chi connectivity index (χ4v) is 1.19. The van der Waals surface area contributed by atoms with E-state index in [2.05, 4.69) is 27.2 Å². The van der Waals surface area contributed by atoms with Crippen LogP contribution >= 0.6 is 0 Å². The number of hydrogen-bond acceptors (Lipinski definition) is 4. The number of methoxy groups -OCH3 is 1. The Morgan fingerprint density at radius 3 is 2.58 bits per heavy atom. The Morgan fingerprint density at radius 2 is 2.05 bits per heavy atom. The van der Waals surface area contributed by atoms with E-state index in [4.69, 9.17) is 5.11 Å². The quantitative estimate of drug-likeness (QED) is 0.346. The molecule has 0 saturated carbocycles. The van der Waals surface area contributed by atoms with Crippen LogP contribution < -0.4 is 10.6 Å². The van der Waals surface area contributed by atoms with Gasteiger partial charge in [-0.1, -0.05) is 0 Å². The van der Waals surface area contributed by atoms with Gasteiger partial charge in [0.2, 0.25) is 0 Å². The zero-order valence-corrected chi connectivity index (χ0v) is 11.0. The van der Waals surface area contributed by atoms with Crippen LogP contribution in [0.5, 0.6) is 0 Å². The van der Waals surface area contributed by atoms with Crippen LogP contribution in [0, 0.1) is 11.8 Å². The summed E-state index contributed by atoms with van der Waals surface area (Å²) >= 11 is 0. The Morgan fingerprint density at radius 1 is 1.37 bits per heavy atom. The molecule has 1 atom stereocenters. The minimum atomic E-state index is -1.20. The number of nitrogens with one attached hydrogen (secondary N) is 2. The van der Waals surface area contributed by atoms with Gasteiger partial charge in [-0.25, -0.2) is 9.59 Å². The van der Waals surface area contributed by atoms with Crippen molar-refractivity contribution in [3.63, 3.8) is 0 Å². The van der Waals surface area contributed by atoms with Crippen LogP contribution in [0.3, 0.4) is 0 Å². The molecule has 7 heteroatoms. The number of carbonyl (C=O) groups is 3. The summed E-state index contributed by atoms with van der Waals surface area (Å²) in [5.41, 5.74) is 0. The molecule has 19 heavy (non-hydrogen) atoms. The Bertz CT molecular complexity index is 383. The normalized spacial score (nSPS) is 10.6. The molecule has 0 aromatic carbocycles. The summed E-state index contributed by atoms with van der Waals surface area (Å²) in [6.07, 6.45) is 0.392. The lowest BCUT2D eigenvalue weighted by molar-refractivity contribution is -0.142. The fraction of sp³-hybridized carbons (Fsp3) is 0.583. The van der Waals surface area contributed by atoms with Crippen molar-refractivity contribution in [1.29, 1.82) is 0 Å². The molecule has 0 heterocycles. The second-order valence-corrected chi connectivity index (χ2v) is 3.58. The first-order valence-electron chi connectivity index (χ1n) is 5.74. The van der Waals surface area contributed by atoms with Gasteiger partial charge in [0.15, 0.2) is 0 Å². The van der Waals surface area contributed by atoms with Gasteiger partial charge in [-0.3, -0.25) is 4.79 Å². The number of esters is 1. The van der Waals surface area contributed by atoms with Crippen molar-refractivity contribution in [3.05, 3.63) is 0 Å². The van der Waals surface area contributed by atoms with E-state index in [0.717, 1.165) is 0 Å². The highest BCUT2D eigenvalue weighted by Gasteiger charge is 2.20. The number of rotatable bonds is 7. The Balaban J connectivity index is 4.10. The molecule has 0 bridgehead atoms. The van der Waals surface area contributed by atoms with Crippen molar-refractivity contribution in [2.24, 2.45) is 0 Å². The second-order valence-electron chi connectivity index (χ2n) is 3.58. The second kappa shape index (κ2) is 9.76. The van der Waals surface area contributed by atoms with Gasteiger partial charge in [0, 0.05) is 19.4 Å². The lowest BCUT2D eigenvalue weighted by atomic mass is 10.1. The molecule has 0 unspecified atom stereocenters. The first kappa shape index (κ1) is 16.8. The topological polar surface area (TPSA) is 105 Å². The smallest absolute Gasteiger partial charge is 0.326 e. The molecule has 0 radical (unpaired) electrons. The molecular weight excluding hydrogens is 252 g/mol. The Labute approximate surface area is 111 Å². The zero-order chi connectivity index (χ0) is 14.7. The Hall–Kier alpha value is -2.23. The molecule has 7 nitrogen and oxygen atoms in total. The summed E-state index contributed by atoms with van der Waals surface area (Å²) in [5, 5.41) is 13.6. The fourth-order valence-electron chi connectivity index (χ4n) is 1.19. The number of hydrogen-bond donors (Lipinski definition) is 3. The molecule has 0 fully saturated rings. The zero-order valence-electron chi connectivity index (χ0n) is 11.0. The van der Waals surface area contributed by atoms with Crippen molar-refractivity contribution < 1.29 is 24.2 Å². The molecule has 0 aliphatic rings. The summed E-state index contributed by atoms with van der Waals surface area (Å²) in [6, 6.07) is -1.73. The summed E-state index contributed by atoms with van der Waals surface area (Å²) in [7, 11) is 1.22. The molecular formula is C12H18N2O5. The van der Waals surface area contributed by atoms with Gasteiger partial charge in [0.25, 0.3) is 0 Å². The molecule has 3 N–H and O–H groups in total. The van der Waals surface area contributed by atoms with Crippen LogP contribution in [0.25, 0.3) is 0 Å². The molecule has 0 aliphatic heterocycles. The van der Waals surface area contributed by atoms with Crippen molar-refractivity contribution >= 4 is 18.0 Å². The van der Waals surface area contributed by atoms with Crippen LogP contribution in [0.1, 0.15) is 26.2 Å². The van der Waals surface area contributed by atoms with E-state index in [9.17, 15) is 14.4 Å². The summed E-state index contributed by atoms with van der Waals surface area (Å²) in [4.78, 5) is 33.2. The van der Waals surface area contributed by atoms with Crippen molar-refractivity contribution in [2.45, 2.75) is 32.2 Å². The monoisotopic (exact) mass is 270 g/mol. The number of carboxylic acids is 1. The van der Waals surface area contributed by atoms with Crippen LogP contribution in [0.4, 0.5) is 4.79 Å². The third-order valence-corrected chi connectivity index (χ3v) is 2.18. The lowest BCUT2D eigenvalue weighted by Crippen LogP contribution is -2.46. The van der Waals surface area contributed by atoms with E-state index < -0.39 is 24.0 Å². The lowest BCUT2D eigenvalue weighted by Gasteiger charge is -2.14. The average Bonchev–Trinajstić information content (AvgIpc) is 2.38. The van der Waals surface area contributed by atoms with Crippen LogP contribution in [-0.4, -0.2) is 42.8 Å². The van der Waals surface area contributed by atoms with Crippen molar-refractivity contribution in [1.82, 2.24) is 10.6 Å². The standard InChI is InChI=1S/C12H18N2O5/c1-3-4-5-8-13-12(18)14-9(11(16)17)6-7-10(15)19-2/h9H,5-8H2,1-2H3,(H,16,17)(H2,13,14,18)/t9-/m0/s1. The first-order valence-corrected chi connectivity index (χ1v) is 5.74. The van der Waals surface area contributed by atoms with Gasteiger partial charge < -0.3 is 20.5 Å². The Kier molecular flexibility index (Phi) is 8.62. The molecule has 0 aliphatic carbocycles. The van der Waals surface area contributed by atoms with Gasteiger partial charge in [-0.15, -0.1) is 11.8 Å². The van der Waals surface area contributed by atoms with Crippen LogP contribution in [-0.2, 0) is 14.3 Å². The summed E-state index contributed by atoms with van der Waals surface area (Å²) in [6.45, 7) is 2.02. The summed E-state index contributed by atoms with van der Waals surface area (Å²) < 4.78 is 4.40. The highest BCUT2D eigenvalue weighted by molar-refractivity contribution is 5.83. The third kappa shape index (κ3) is 8.49. The van der Waals surface area contributed by atoms with Gasteiger partial charge in [0.1, 0.15) is 6.04 Å². The number of carboxylic acid groups (broad SMARTS) is 1. The molecule has 0 aromatic heterocycles. The van der Waals surface area contributed by atoms with Crippen molar-refractivity contribution in [2.75, 3.05) is 13.7 Å². The van der Waals surface area contributed by atoms with Gasteiger partial charge in [-0.05, 0) is 13.3 Å². The van der Waals surface area contributed by atoms with Crippen molar-refractivity contribution in [3.8, 4) is 11.8 Å². The van der Waals surface area contributed by atoms with Gasteiger partial charge in [-0.2, -0.15) is 0 Å². The maximum absolute atomic E-state index is 11.4. The first-order chi connectivity index (χ1) is 9.01. The number of carbonyl (C=O) groups excluding carboxylic acids is 2. The number of aliphatic carboxylic acids is 1. The van der Waals surface area contributed by atoms with Gasteiger partial charge in [0.05, 0.1) is 7.11 Å². The number of amides is 2. The molecule has 0 rings (SSSR count). The van der Waals surface area contributed by atoms with E-state index in [1.54, 1.807) is 6.92 Å². The van der Waals surface area contributed by atoms with E-state index in [1.165, 1.54) is 7.11 Å². The maximum Gasteiger partial charge on any atom is 0.326 e. The highest BCUT2D eigenvalue weighted by atomic mass is 16.5. The predicted molar refractivity (Wildman–Crippen MR) is 67.3 cm³/mol. The van der Waals surface area contributed by atoms with E-state index >= 15 is 0 Å². The number of urea groups is 1. The highest BCUT2D eigenvalue weighted by Crippen LogP contribution is 1.99. The largest absolute Gasteiger partial charge is 0.480 e. The van der Waals surface area contributed by atoms with E-state index in [1.807, 2.05) is 0 Å². The summed E-state index contributed by atoms with van der Waals surface area (Å²) in [5.74, 6) is 3.71. The van der Waals surface area contributed by atoms with Crippen LogP contribution in [0.2, 0.25) is 0 Å². The minimum absolute atomic E-state index is 0.0236. The minimum Gasteiger partial charge on any atom is -0.480 e. The third-order valence-electron chi connectivity index (χ3n) is 2.18. The SMILES string of the molecule is CC#CCCNC(=O)N[C@@H](CCC(=O)OC)C(=O)O. The molecule has 2 amide bonds. The predicted octanol–water partition coefficient (Wildman–Crippen LogP) is 0.105. The molecule has 0 aromatic rings. The van der Waals surface area contributed by atoms with Gasteiger partial charge >= 0.3 is 18.0 Å². The average molecular weight is 270 g/mol. The molecule has 0 spiro atoms. The maximum atomic E-state index is 11.4.